The van der Waals surface area contributed by atoms with Crippen molar-refractivity contribution in [2.24, 2.45) is 10.9 Å². The van der Waals surface area contributed by atoms with Crippen LogP contribution in [0.25, 0.3) is 0 Å². The van der Waals surface area contributed by atoms with Gasteiger partial charge in [0.15, 0.2) is 5.84 Å². The van der Waals surface area contributed by atoms with E-state index in [4.69, 9.17) is 15.4 Å². The van der Waals surface area contributed by atoms with E-state index in [1.54, 1.807) is 0 Å². The molecule has 0 saturated heterocycles. The Balaban J connectivity index is 2.03. The van der Waals surface area contributed by atoms with Gasteiger partial charge in [-0.25, -0.2) is 0 Å². The van der Waals surface area contributed by atoms with Gasteiger partial charge in [0.2, 0.25) is 0 Å². The van der Waals surface area contributed by atoms with Gasteiger partial charge in [-0.1, -0.05) is 17.3 Å². The Bertz CT molecular complexity index is 647. The average molecular weight is 287 g/mol. The van der Waals surface area contributed by atoms with Crippen LogP contribution in [-0.4, -0.2) is 11.0 Å². The number of nitrogens with two attached hydrogens (primary N) is 1. The maximum Gasteiger partial charge on any atom is 0.170 e. The number of furan rings is 1. The van der Waals surface area contributed by atoms with Crippen molar-refractivity contribution in [1.82, 2.24) is 5.32 Å². The van der Waals surface area contributed by atoms with E-state index >= 15 is 0 Å². The largest absolute Gasteiger partial charge is 0.465 e. The van der Waals surface area contributed by atoms with E-state index in [1.165, 1.54) is 5.56 Å². The molecule has 0 aliphatic rings. The summed E-state index contributed by atoms with van der Waals surface area (Å²) in [6.07, 6.45) is 0. The van der Waals surface area contributed by atoms with E-state index in [2.05, 4.69) is 17.4 Å². The molecule has 2 rings (SSSR count). The summed E-state index contributed by atoms with van der Waals surface area (Å²) in [6, 6.07) is 9.83. The van der Waals surface area contributed by atoms with Crippen molar-refractivity contribution < 1.29 is 9.62 Å². The summed E-state index contributed by atoms with van der Waals surface area (Å²) >= 11 is 0. The quantitative estimate of drug-likeness (QED) is 0.342. The minimum absolute atomic E-state index is 0.122. The summed E-state index contributed by atoms with van der Waals surface area (Å²) in [5.74, 6) is 1.97. The summed E-state index contributed by atoms with van der Waals surface area (Å²) in [7, 11) is 0. The number of benzene rings is 1. The van der Waals surface area contributed by atoms with E-state index < -0.39 is 0 Å². The Morgan fingerprint density at radius 3 is 2.67 bits per heavy atom. The fourth-order valence-corrected chi connectivity index (χ4v) is 2.16. The van der Waals surface area contributed by atoms with Gasteiger partial charge in [0.05, 0.1) is 6.04 Å². The molecule has 112 valence electrons. The van der Waals surface area contributed by atoms with Crippen LogP contribution in [-0.2, 0) is 6.54 Å². The standard InChI is InChI=1S/C16H21N3O2/c1-10-8-13(16(17)19-20)5-6-14(10)9-18-12(3)15-7-4-11(2)21-15/h4-8,12,18,20H,9H2,1-3H3,(H2,17,19). The molecule has 0 saturated carbocycles. The Morgan fingerprint density at radius 1 is 1.33 bits per heavy atom. The minimum atomic E-state index is 0.122. The summed E-state index contributed by atoms with van der Waals surface area (Å²) in [4.78, 5) is 0. The first-order valence-electron chi connectivity index (χ1n) is 6.88. The normalized spacial score (nSPS) is 13.4. The minimum Gasteiger partial charge on any atom is -0.465 e. The van der Waals surface area contributed by atoms with E-state index in [-0.39, 0.29) is 11.9 Å². The molecule has 1 heterocycles. The highest BCUT2D eigenvalue weighted by molar-refractivity contribution is 5.97. The van der Waals surface area contributed by atoms with Gasteiger partial charge in [0, 0.05) is 12.1 Å². The van der Waals surface area contributed by atoms with Crippen LogP contribution in [0.15, 0.2) is 39.9 Å². The fourth-order valence-electron chi connectivity index (χ4n) is 2.16. The molecule has 0 radical (unpaired) electrons. The monoisotopic (exact) mass is 287 g/mol. The molecule has 2 aromatic rings. The van der Waals surface area contributed by atoms with E-state index in [0.717, 1.165) is 23.6 Å². The van der Waals surface area contributed by atoms with Crippen molar-refractivity contribution in [1.29, 1.82) is 0 Å². The van der Waals surface area contributed by atoms with Crippen molar-refractivity contribution in [2.45, 2.75) is 33.4 Å². The van der Waals surface area contributed by atoms with Gasteiger partial charge < -0.3 is 20.7 Å². The van der Waals surface area contributed by atoms with Crippen LogP contribution >= 0.6 is 0 Å². The molecule has 5 nitrogen and oxygen atoms in total. The number of nitrogens with zero attached hydrogens (tertiary/aromatic N) is 1. The van der Waals surface area contributed by atoms with Crippen LogP contribution < -0.4 is 11.1 Å². The van der Waals surface area contributed by atoms with Gasteiger partial charge in [0.25, 0.3) is 0 Å². The number of hydrogen-bond acceptors (Lipinski definition) is 4. The summed E-state index contributed by atoms with van der Waals surface area (Å²) in [6.45, 7) is 6.74. The Kier molecular flexibility index (Phi) is 4.65. The van der Waals surface area contributed by atoms with Crippen molar-refractivity contribution >= 4 is 5.84 Å². The van der Waals surface area contributed by atoms with Crippen LogP contribution in [0.1, 0.15) is 41.2 Å². The molecule has 1 aromatic carbocycles. The second-order valence-electron chi connectivity index (χ2n) is 5.18. The van der Waals surface area contributed by atoms with E-state index in [9.17, 15) is 0 Å². The zero-order chi connectivity index (χ0) is 15.4. The number of rotatable bonds is 5. The highest BCUT2D eigenvalue weighted by Crippen LogP contribution is 2.17. The summed E-state index contributed by atoms with van der Waals surface area (Å²) in [5, 5.41) is 15.1. The van der Waals surface area contributed by atoms with Gasteiger partial charge in [-0.05, 0) is 50.1 Å². The van der Waals surface area contributed by atoms with Gasteiger partial charge >= 0.3 is 0 Å². The molecule has 21 heavy (non-hydrogen) atoms. The molecule has 1 aromatic heterocycles. The predicted molar refractivity (Wildman–Crippen MR) is 82.4 cm³/mol. The smallest absolute Gasteiger partial charge is 0.170 e. The lowest BCUT2D eigenvalue weighted by Gasteiger charge is -2.13. The highest BCUT2D eigenvalue weighted by atomic mass is 16.4. The van der Waals surface area contributed by atoms with Crippen LogP contribution in [0, 0.1) is 13.8 Å². The maximum atomic E-state index is 8.69. The van der Waals surface area contributed by atoms with Gasteiger partial charge in [-0.2, -0.15) is 0 Å². The first-order chi connectivity index (χ1) is 10.0. The number of nitrogens with one attached hydrogen (secondary N) is 1. The first-order valence-corrected chi connectivity index (χ1v) is 6.88. The molecule has 5 heteroatoms. The lowest BCUT2D eigenvalue weighted by atomic mass is 10.0. The van der Waals surface area contributed by atoms with Gasteiger partial charge in [-0.3, -0.25) is 0 Å². The van der Waals surface area contributed by atoms with Crippen LogP contribution in [0.2, 0.25) is 0 Å². The molecule has 1 unspecified atom stereocenters. The molecule has 0 amide bonds. The molecule has 0 fully saturated rings. The third-order valence-corrected chi connectivity index (χ3v) is 3.53. The van der Waals surface area contributed by atoms with Crippen molar-refractivity contribution in [3.63, 3.8) is 0 Å². The molecular formula is C16H21N3O2. The van der Waals surface area contributed by atoms with Gasteiger partial charge in [0.1, 0.15) is 11.5 Å². The number of hydrogen-bond donors (Lipinski definition) is 3. The second kappa shape index (κ2) is 6.45. The van der Waals surface area contributed by atoms with Crippen LogP contribution in [0.5, 0.6) is 0 Å². The van der Waals surface area contributed by atoms with Crippen molar-refractivity contribution in [2.75, 3.05) is 0 Å². The van der Waals surface area contributed by atoms with E-state index in [0.29, 0.717) is 5.56 Å². The van der Waals surface area contributed by atoms with E-state index in [1.807, 2.05) is 44.2 Å². The predicted octanol–water partition coefficient (Wildman–Crippen LogP) is 2.84. The molecular weight excluding hydrogens is 266 g/mol. The Hall–Kier alpha value is -2.27. The number of aryl methyl sites for hydroxylation is 2. The third kappa shape index (κ3) is 3.64. The zero-order valence-corrected chi connectivity index (χ0v) is 12.6. The Labute approximate surface area is 124 Å². The fraction of sp³-hybridized carbons (Fsp3) is 0.312. The topological polar surface area (TPSA) is 83.8 Å². The SMILES string of the molecule is Cc1ccc(C(C)NCc2ccc(/C(N)=N/O)cc2C)o1. The molecule has 0 spiro atoms. The summed E-state index contributed by atoms with van der Waals surface area (Å²) in [5.41, 5.74) is 8.56. The maximum absolute atomic E-state index is 8.69. The molecule has 0 bridgehead atoms. The van der Waals surface area contributed by atoms with Crippen LogP contribution in [0.3, 0.4) is 0 Å². The molecule has 0 aliphatic carbocycles. The lowest BCUT2D eigenvalue weighted by molar-refractivity contribution is 0.318. The number of oxime groups is 1. The zero-order valence-electron chi connectivity index (χ0n) is 12.6. The summed E-state index contributed by atoms with van der Waals surface area (Å²) < 4.78 is 5.61. The van der Waals surface area contributed by atoms with Crippen LogP contribution in [0.4, 0.5) is 0 Å². The first kappa shape index (κ1) is 15.1. The number of amidine groups is 1. The molecule has 4 N–H and O–H groups in total. The average Bonchev–Trinajstić information content (AvgIpc) is 2.91. The third-order valence-electron chi connectivity index (χ3n) is 3.53. The molecule has 0 aliphatic heterocycles. The Morgan fingerprint density at radius 2 is 2.10 bits per heavy atom. The highest BCUT2D eigenvalue weighted by Gasteiger charge is 2.10. The van der Waals surface area contributed by atoms with Crippen molar-refractivity contribution in [3.05, 3.63) is 58.5 Å². The van der Waals surface area contributed by atoms with Gasteiger partial charge in [-0.15, -0.1) is 0 Å². The lowest BCUT2D eigenvalue weighted by Crippen LogP contribution is -2.19. The molecule has 1 atom stereocenters. The van der Waals surface area contributed by atoms with Crippen molar-refractivity contribution in [3.8, 4) is 0 Å². The second-order valence-corrected chi connectivity index (χ2v) is 5.18.